The monoisotopic (exact) mass is 267 g/mol. The van der Waals surface area contributed by atoms with Gasteiger partial charge >= 0.3 is 0 Å². The van der Waals surface area contributed by atoms with Gasteiger partial charge in [-0.25, -0.2) is 4.72 Å². The van der Waals surface area contributed by atoms with Gasteiger partial charge in [-0.05, 0) is 6.42 Å². The fourth-order valence-electron chi connectivity index (χ4n) is 1.55. The molecule has 0 aromatic heterocycles. The van der Waals surface area contributed by atoms with E-state index in [-0.39, 0.29) is 6.04 Å². The molecule has 0 aromatic carbocycles. The molecule has 0 bridgehead atoms. The highest BCUT2D eigenvalue weighted by atomic mass is 32.2. The minimum Gasteiger partial charge on any atom is -0.383 e. The predicted octanol–water partition coefficient (Wildman–Crippen LogP) is -1.48. The van der Waals surface area contributed by atoms with Crippen molar-refractivity contribution in [1.82, 2.24) is 9.03 Å². The van der Waals surface area contributed by atoms with Gasteiger partial charge in [-0.2, -0.15) is 12.7 Å². The van der Waals surface area contributed by atoms with Crippen molar-refractivity contribution in [3.63, 3.8) is 0 Å². The molecule has 1 aliphatic rings. The second-order valence-corrected chi connectivity index (χ2v) is 5.67. The second-order valence-electron chi connectivity index (χ2n) is 3.91. The van der Waals surface area contributed by atoms with E-state index in [1.165, 1.54) is 4.31 Å². The molecule has 0 amide bonds. The maximum Gasteiger partial charge on any atom is 0.279 e. The first kappa shape index (κ1) is 14.8. The maximum absolute atomic E-state index is 11.8. The molecule has 17 heavy (non-hydrogen) atoms. The van der Waals surface area contributed by atoms with Gasteiger partial charge in [-0.1, -0.05) is 0 Å². The van der Waals surface area contributed by atoms with E-state index in [9.17, 15) is 8.42 Å². The van der Waals surface area contributed by atoms with E-state index in [1.807, 2.05) is 0 Å². The fourth-order valence-corrected chi connectivity index (χ4v) is 2.74. The number of hydrogen-bond donors (Lipinski definition) is 2. The average Bonchev–Trinajstić information content (AvgIpc) is 2.30. The van der Waals surface area contributed by atoms with Gasteiger partial charge in [0, 0.05) is 32.8 Å². The molecule has 0 aromatic rings. The molecule has 7 nitrogen and oxygen atoms in total. The summed E-state index contributed by atoms with van der Waals surface area (Å²) in [5.74, 6) is 0. The van der Waals surface area contributed by atoms with Gasteiger partial charge in [0.05, 0.1) is 19.8 Å². The largest absolute Gasteiger partial charge is 0.383 e. The van der Waals surface area contributed by atoms with Crippen LogP contribution in [-0.4, -0.2) is 65.3 Å². The third kappa shape index (κ3) is 5.28. The first-order chi connectivity index (χ1) is 8.06. The number of nitrogens with zero attached hydrogens (tertiary/aromatic N) is 1. The van der Waals surface area contributed by atoms with Crippen molar-refractivity contribution >= 4 is 10.2 Å². The molecule has 102 valence electrons. The van der Waals surface area contributed by atoms with Gasteiger partial charge in [-0.3, -0.25) is 0 Å². The van der Waals surface area contributed by atoms with Crippen molar-refractivity contribution in [2.45, 2.75) is 12.5 Å². The first-order valence-electron chi connectivity index (χ1n) is 5.63. The molecule has 8 heteroatoms. The number of rotatable bonds is 7. The molecule has 0 saturated carbocycles. The van der Waals surface area contributed by atoms with Crippen LogP contribution in [0.25, 0.3) is 0 Å². The van der Waals surface area contributed by atoms with Crippen LogP contribution in [0.1, 0.15) is 6.42 Å². The summed E-state index contributed by atoms with van der Waals surface area (Å²) < 4.78 is 37.5. The molecule has 1 unspecified atom stereocenters. The lowest BCUT2D eigenvalue weighted by Crippen LogP contribution is -2.47. The van der Waals surface area contributed by atoms with E-state index >= 15 is 0 Å². The van der Waals surface area contributed by atoms with Crippen molar-refractivity contribution in [3.8, 4) is 0 Å². The number of morpholine rings is 1. The van der Waals surface area contributed by atoms with Crippen LogP contribution >= 0.6 is 0 Å². The van der Waals surface area contributed by atoms with Crippen molar-refractivity contribution in [3.05, 3.63) is 0 Å². The SMILES string of the molecule is COCC(N)CCNS(=O)(=O)N1CCOCC1. The average molecular weight is 267 g/mol. The van der Waals surface area contributed by atoms with E-state index in [0.717, 1.165) is 0 Å². The van der Waals surface area contributed by atoms with Crippen molar-refractivity contribution < 1.29 is 17.9 Å². The highest BCUT2D eigenvalue weighted by Gasteiger charge is 2.23. The number of ether oxygens (including phenoxy) is 2. The van der Waals surface area contributed by atoms with E-state index in [0.29, 0.717) is 45.9 Å². The molecule has 1 fully saturated rings. The quantitative estimate of drug-likeness (QED) is 0.586. The van der Waals surface area contributed by atoms with Crippen LogP contribution < -0.4 is 10.5 Å². The van der Waals surface area contributed by atoms with E-state index in [4.69, 9.17) is 15.2 Å². The van der Waals surface area contributed by atoms with Crippen LogP contribution in [0.4, 0.5) is 0 Å². The summed E-state index contributed by atoms with van der Waals surface area (Å²) in [7, 11) is -1.82. The summed E-state index contributed by atoms with van der Waals surface area (Å²) in [5.41, 5.74) is 5.70. The maximum atomic E-state index is 11.8. The Morgan fingerprint density at radius 2 is 2.12 bits per heavy atom. The van der Waals surface area contributed by atoms with Crippen LogP contribution in [0.2, 0.25) is 0 Å². The molecule has 1 rings (SSSR count). The third-order valence-electron chi connectivity index (χ3n) is 2.49. The molecule has 1 heterocycles. The zero-order chi connectivity index (χ0) is 12.7. The molecule has 0 aliphatic carbocycles. The summed E-state index contributed by atoms with van der Waals surface area (Å²) in [6.45, 7) is 2.45. The molecule has 3 N–H and O–H groups in total. The number of methoxy groups -OCH3 is 1. The summed E-state index contributed by atoms with van der Waals surface area (Å²) in [6.07, 6.45) is 0.553. The molecule has 0 spiro atoms. The van der Waals surface area contributed by atoms with Crippen LogP contribution in [0.15, 0.2) is 0 Å². The Morgan fingerprint density at radius 1 is 1.47 bits per heavy atom. The Morgan fingerprint density at radius 3 is 2.71 bits per heavy atom. The molecule has 1 aliphatic heterocycles. The Hall–Kier alpha value is -0.250. The zero-order valence-corrected chi connectivity index (χ0v) is 10.9. The molecular formula is C9H21N3O4S. The lowest BCUT2D eigenvalue weighted by molar-refractivity contribution is 0.0725. The highest BCUT2D eigenvalue weighted by Crippen LogP contribution is 2.02. The second kappa shape index (κ2) is 7.24. The Kier molecular flexibility index (Phi) is 6.31. The van der Waals surface area contributed by atoms with Gasteiger partial charge in [0.1, 0.15) is 0 Å². The predicted molar refractivity (Wildman–Crippen MR) is 63.8 cm³/mol. The smallest absolute Gasteiger partial charge is 0.279 e. The van der Waals surface area contributed by atoms with Gasteiger partial charge < -0.3 is 15.2 Å². The van der Waals surface area contributed by atoms with E-state index in [1.54, 1.807) is 7.11 Å². The van der Waals surface area contributed by atoms with Crippen LogP contribution in [0.3, 0.4) is 0 Å². The minimum absolute atomic E-state index is 0.146. The van der Waals surface area contributed by atoms with Gasteiger partial charge in [0.2, 0.25) is 0 Å². The first-order valence-corrected chi connectivity index (χ1v) is 7.07. The van der Waals surface area contributed by atoms with Crippen molar-refractivity contribution in [1.29, 1.82) is 0 Å². The van der Waals surface area contributed by atoms with Crippen molar-refractivity contribution in [2.75, 3.05) is 46.6 Å². The molecule has 1 atom stereocenters. The Labute approximate surface area is 102 Å². The minimum atomic E-state index is -3.39. The van der Waals surface area contributed by atoms with Crippen LogP contribution in [-0.2, 0) is 19.7 Å². The Bertz CT molecular complexity index is 303. The van der Waals surface area contributed by atoms with Crippen molar-refractivity contribution in [2.24, 2.45) is 5.73 Å². The number of nitrogens with one attached hydrogen (secondary N) is 1. The summed E-state index contributed by atoms with van der Waals surface area (Å²) in [6, 6.07) is -0.146. The third-order valence-corrected chi connectivity index (χ3v) is 4.10. The normalized spacial score (nSPS) is 20.4. The topological polar surface area (TPSA) is 93.9 Å². The van der Waals surface area contributed by atoms with E-state index in [2.05, 4.69) is 4.72 Å². The fraction of sp³-hybridized carbons (Fsp3) is 1.00. The lowest BCUT2D eigenvalue weighted by Gasteiger charge is -2.26. The molecular weight excluding hydrogens is 246 g/mol. The molecule has 0 radical (unpaired) electrons. The van der Waals surface area contributed by atoms with Gasteiger partial charge in [-0.15, -0.1) is 0 Å². The Balaban J connectivity index is 2.29. The van der Waals surface area contributed by atoms with Gasteiger partial charge in [0.25, 0.3) is 10.2 Å². The van der Waals surface area contributed by atoms with E-state index < -0.39 is 10.2 Å². The summed E-state index contributed by atoms with van der Waals surface area (Å²) >= 11 is 0. The summed E-state index contributed by atoms with van der Waals surface area (Å²) in [5, 5.41) is 0. The highest BCUT2D eigenvalue weighted by molar-refractivity contribution is 7.87. The zero-order valence-electron chi connectivity index (χ0n) is 10.1. The number of nitrogens with two attached hydrogens (primary N) is 1. The standard InChI is InChI=1S/C9H21N3O4S/c1-15-8-9(10)2-3-11-17(13,14)12-4-6-16-7-5-12/h9,11H,2-8,10H2,1H3. The molecule has 1 saturated heterocycles. The van der Waals surface area contributed by atoms with Crippen LogP contribution in [0, 0.1) is 0 Å². The number of hydrogen-bond acceptors (Lipinski definition) is 5. The van der Waals surface area contributed by atoms with Crippen LogP contribution in [0.5, 0.6) is 0 Å². The summed E-state index contributed by atoms with van der Waals surface area (Å²) in [4.78, 5) is 0. The van der Waals surface area contributed by atoms with Gasteiger partial charge in [0.15, 0.2) is 0 Å². The lowest BCUT2D eigenvalue weighted by atomic mass is 10.2.